The maximum atomic E-state index is 12.3. The summed E-state index contributed by atoms with van der Waals surface area (Å²) in [6.07, 6.45) is 0.474. The molecule has 1 aliphatic heterocycles. The molecule has 110 valence electrons. The van der Waals surface area contributed by atoms with Gasteiger partial charge in [-0.05, 0) is 32.8 Å². The van der Waals surface area contributed by atoms with E-state index in [0.717, 1.165) is 12.0 Å². The lowest BCUT2D eigenvalue weighted by Crippen LogP contribution is -2.37. The number of likely N-dealkylation sites (tertiary alicyclic amines) is 1. The lowest BCUT2D eigenvalue weighted by molar-refractivity contribution is 0.0216. The second-order valence-corrected chi connectivity index (χ2v) is 6.34. The molecule has 1 saturated heterocycles. The van der Waals surface area contributed by atoms with Crippen molar-refractivity contribution in [3.05, 3.63) is 35.9 Å². The second-order valence-electron chi connectivity index (χ2n) is 6.34. The number of aliphatic hydroxyl groups is 1. The van der Waals surface area contributed by atoms with Gasteiger partial charge in [-0.2, -0.15) is 0 Å². The zero-order valence-electron chi connectivity index (χ0n) is 12.4. The van der Waals surface area contributed by atoms with Crippen LogP contribution in [0.3, 0.4) is 0 Å². The van der Waals surface area contributed by atoms with E-state index in [4.69, 9.17) is 4.74 Å². The molecule has 2 unspecified atom stereocenters. The van der Waals surface area contributed by atoms with Crippen LogP contribution in [-0.4, -0.2) is 34.9 Å². The third-order valence-corrected chi connectivity index (χ3v) is 3.46. The molecule has 1 aromatic carbocycles. The molecule has 2 atom stereocenters. The van der Waals surface area contributed by atoms with Crippen LogP contribution in [0.15, 0.2) is 30.3 Å². The fourth-order valence-electron chi connectivity index (χ4n) is 2.57. The molecule has 0 aromatic heterocycles. The maximum Gasteiger partial charge on any atom is 0.410 e. The van der Waals surface area contributed by atoms with Crippen molar-refractivity contribution in [3.63, 3.8) is 0 Å². The number of ether oxygens (including phenoxy) is 1. The molecule has 1 heterocycles. The van der Waals surface area contributed by atoms with Gasteiger partial charge in [-0.1, -0.05) is 30.3 Å². The summed E-state index contributed by atoms with van der Waals surface area (Å²) in [7, 11) is 0. The SMILES string of the molecule is CC(C)(C)OC(=O)N1CC(CO)CC1c1ccccc1. The Balaban J connectivity index is 2.18. The number of hydrogen-bond acceptors (Lipinski definition) is 3. The van der Waals surface area contributed by atoms with Crippen LogP contribution >= 0.6 is 0 Å². The van der Waals surface area contributed by atoms with Crippen LogP contribution in [0.5, 0.6) is 0 Å². The quantitative estimate of drug-likeness (QED) is 0.904. The zero-order valence-corrected chi connectivity index (χ0v) is 12.4. The summed E-state index contributed by atoms with van der Waals surface area (Å²) in [5, 5.41) is 9.38. The van der Waals surface area contributed by atoms with Gasteiger partial charge < -0.3 is 14.7 Å². The van der Waals surface area contributed by atoms with Crippen LogP contribution in [-0.2, 0) is 4.74 Å². The van der Waals surface area contributed by atoms with Gasteiger partial charge in [-0.15, -0.1) is 0 Å². The summed E-state index contributed by atoms with van der Waals surface area (Å²) < 4.78 is 5.47. The highest BCUT2D eigenvalue weighted by Crippen LogP contribution is 2.36. The van der Waals surface area contributed by atoms with E-state index in [-0.39, 0.29) is 24.7 Å². The average molecular weight is 277 g/mol. The Morgan fingerprint density at radius 1 is 1.35 bits per heavy atom. The number of aliphatic hydroxyl groups excluding tert-OH is 1. The normalized spacial score (nSPS) is 22.9. The van der Waals surface area contributed by atoms with Gasteiger partial charge in [0.2, 0.25) is 0 Å². The summed E-state index contributed by atoms with van der Waals surface area (Å²) in [6, 6.07) is 9.91. The van der Waals surface area contributed by atoms with Gasteiger partial charge in [0.1, 0.15) is 5.60 Å². The maximum absolute atomic E-state index is 12.3. The molecule has 0 spiro atoms. The van der Waals surface area contributed by atoms with Crippen molar-refractivity contribution in [1.82, 2.24) is 4.90 Å². The fourth-order valence-corrected chi connectivity index (χ4v) is 2.57. The van der Waals surface area contributed by atoms with Crippen molar-refractivity contribution in [3.8, 4) is 0 Å². The molecular weight excluding hydrogens is 254 g/mol. The Morgan fingerprint density at radius 2 is 2.00 bits per heavy atom. The van der Waals surface area contributed by atoms with Crippen molar-refractivity contribution in [2.75, 3.05) is 13.2 Å². The molecule has 0 saturated carbocycles. The molecule has 1 N–H and O–H groups in total. The van der Waals surface area contributed by atoms with Crippen molar-refractivity contribution in [2.45, 2.75) is 38.8 Å². The van der Waals surface area contributed by atoms with Crippen LogP contribution in [0.1, 0.15) is 38.8 Å². The Kier molecular flexibility index (Phi) is 4.33. The third-order valence-electron chi connectivity index (χ3n) is 3.46. The van der Waals surface area contributed by atoms with Gasteiger partial charge in [0.05, 0.1) is 6.04 Å². The van der Waals surface area contributed by atoms with Gasteiger partial charge in [-0.3, -0.25) is 0 Å². The first-order chi connectivity index (χ1) is 9.40. The first-order valence-corrected chi connectivity index (χ1v) is 7.06. The van der Waals surface area contributed by atoms with E-state index in [2.05, 4.69) is 0 Å². The molecule has 4 heteroatoms. The van der Waals surface area contributed by atoms with Crippen molar-refractivity contribution >= 4 is 6.09 Å². The van der Waals surface area contributed by atoms with Crippen molar-refractivity contribution in [2.24, 2.45) is 5.92 Å². The molecule has 0 aliphatic carbocycles. The van der Waals surface area contributed by atoms with Crippen LogP contribution in [0.4, 0.5) is 4.79 Å². The molecule has 0 bridgehead atoms. The number of carbonyl (C=O) groups is 1. The topological polar surface area (TPSA) is 49.8 Å². The zero-order chi connectivity index (χ0) is 14.8. The van der Waals surface area contributed by atoms with Crippen LogP contribution in [0, 0.1) is 5.92 Å². The number of hydrogen-bond donors (Lipinski definition) is 1. The first-order valence-electron chi connectivity index (χ1n) is 7.06. The number of amides is 1. The van der Waals surface area contributed by atoms with Crippen LogP contribution < -0.4 is 0 Å². The summed E-state index contributed by atoms with van der Waals surface area (Å²) in [5.74, 6) is 0.118. The Bertz CT molecular complexity index is 453. The highest BCUT2D eigenvalue weighted by molar-refractivity contribution is 5.69. The highest BCUT2D eigenvalue weighted by Gasteiger charge is 2.37. The predicted molar refractivity (Wildman–Crippen MR) is 77.3 cm³/mol. The minimum atomic E-state index is -0.504. The van der Waals surface area contributed by atoms with Gasteiger partial charge >= 0.3 is 6.09 Å². The highest BCUT2D eigenvalue weighted by atomic mass is 16.6. The van der Waals surface area contributed by atoms with Gasteiger partial charge in [0, 0.05) is 19.1 Å². The van der Waals surface area contributed by atoms with Crippen molar-refractivity contribution < 1.29 is 14.6 Å². The Labute approximate surface area is 120 Å². The van der Waals surface area contributed by atoms with Gasteiger partial charge in [0.15, 0.2) is 0 Å². The number of benzene rings is 1. The summed E-state index contributed by atoms with van der Waals surface area (Å²) >= 11 is 0. The molecule has 0 radical (unpaired) electrons. The smallest absolute Gasteiger partial charge is 0.410 e. The summed E-state index contributed by atoms with van der Waals surface area (Å²) in [4.78, 5) is 14.1. The number of rotatable bonds is 2. The van der Waals surface area contributed by atoms with E-state index in [1.807, 2.05) is 51.1 Å². The standard InChI is InChI=1S/C16H23NO3/c1-16(2,3)20-15(19)17-10-12(11-18)9-14(17)13-7-5-4-6-8-13/h4-8,12,14,18H,9-11H2,1-3H3. The minimum Gasteiger partial charge on any atom is -0.444 e. The molecule has 2 rings (SSSR count). The number of nitrogens with zero attached hydrogens (tertiary/aromatic N) is 1. The number of carbonyl (C=O) groups excluding carboxylic acids is 1. The van der Waals surface area contributed by atoms with E-state index in [9.17, 15) is 9.90 Å². The predicted octanol–water partition coefficient (Wildman–Crippen LogP) is 2.98. The van der Waals surface area contributed by atoms with Gasteiger partial charge in [-0.25, -0.2) is 4.79 Å². The van der Waals surface area contributed by atoms with Crippen molar-refractivity contribution in [1.29, 1.82) is 0 Å². The molecule has 1 amide bonds. The van der Waals surface area contributed by atoms with Gasteiger partial charge in [0.25, 0.3) is 0 Å². The molecule has 20 heavy (non-hydrogen) atoms. The lowest BCUT2D eigenvalue weighted by atomic mass is 10.0. The second kappa shape index (κ2) is 5.83. The average Bonchev–Trinajstić information content (AvgIpc) is 2.82. The molecule has 1 aliphatic rings. The Hall–Kier alpha value is -1.55. The molecule has 4 nitrogen and oxygen atoms in total. The fraction of sp³-hybridized carbons (Fsp3) is 0.562. The Morgan fingerprint density at radius 3 is 2.55 bits per heavy atom. The van der Waals surface area contributed by atoms with E-state index in [0.29, 0.717) is 6.54 Å². The third kappa shape index (κ3) is 3.51. The van der Waals surface area contributed by atoms with E-state index >= 15 is 0 Å². The monoisotopic (exact) mass is 277 g/mol. The molecule has 1 aromatic rings. The summed E-state index contributed by atoms with van der Waals surface area (Å²) in [5.41, 5.74) is 0.588. The van der Waals surface area contributed by atoms with Crippen LogP contribution in [0.2, 0.25) is 0 Å². The van der Waals surface area contributed by atoms with E-state index in [1.54, 1.807) is 4.90 Å². The molecule has 1 fully saturated rings. The minimum absolute atomic E-state index is 0.0109. The molecular formula is C16H23NO3. The largest absolute Gasteiger partial charge is 0.444 e. The van der Waals surface area contributed by atoms with E-state index < -0.39 is 5.60 Å². The lowest BCUT2D eigenvalue weighted by Gasteiger charge is -2.28. The van der Waals surface area contributed by atoms with Crippen LogP contribution in [0.25, 0.3) is 0 Å². The van der Waals surface area contributed by atoms with E-state index in [1.165, 1.54) is 0 Å². The first kappa shape index (κ1) is 14.9. The summed E-state index contributed by atoms with van der Waals surface area (Å²) in [6.45, 7) is 6.24.